The number of carbonyl (C=O) groups is 2. The van der Waals surface area contributed by atoms with Crippen LogP contribution in [0.25, 0.3) is 0 Å². The summed E-state index contributed by atoms with van der Waals surface area (Å²) in [7, 11) is 0. The van der Waals surface area contributed by atoms with Gasteiger partial charge in [0.05, 0.1) is 22.9 Å². The Morgan fingerprint density at radius 2 is 1.85 bits per heavy atom. The summed E-state index contributed by atoms with van der Waals surface area (Å²) in [6.45, 7) is 6.17. The highest BCUT2D eigenvalue weighted by molar-refractivity contribution is 7.99. The van der Waals surface area contributed by atoms with Crippen molar-refractivity contribution in [1.29, 1.82) is 0 Å². The number of hydrogen-bond donors (Lipinski definition) is 2. The zero-order chi connectivity index (χ0) is 24.0. The Labute approximate surface area is 210 Å². The molecule has 3 rings (SSSR count). The summed E-state index contributed by atoms with van der Waals surface area (Å²) in [5, 5.41) is 15.7. The van der Waals surface area contributed by atoms with Gasteiger partial charge in [-0.05, 0) is 42.8 Å². The molecule has 11 heteroatoms. The van der Waals surface area contributed by atoms with Gasteiger partial charge in [-0.2, -0.15) is 0 Å². The predicted molar refractivity (Wildman–Crippen MR) is 133 cm³/mol. The third-order valence-corrected chi connectivity index (χ3v) is 6.24. The maximum atomic E-state index is 12.5. The number of halogens is 3. The average molecular weight is 525 g/mol. The fraction of sp³-hybridized carbons (Fsp3) is 0.182. The summed E-state index contributed by atoms with van der Waals surface area (Å²) in [6, 6.07) is 9.95. The number of nitrogens with zero attached hydrogens (tertiary/aromatic N) is 3. The lowest BCUT2D eigenvalue weighted by atomic mass is 10.2. The maximum absolute atomic E-state index is 12.5. The molecular formula is C22H20Cl3N5O2S. The van der Waals surface area contributed by atoms with Crippen LogP contribution < -0.4 is 10.6 Å². The van der Waals surface area contributed by atoms with Crippen LogP contribution in [0.5, 0.6) is 0 Å². The second kappa shape index (κ2) is 11.6. The number of hydrogen-bond acceptors (Lipinski definition) is 5. The normalized spacial score (nSPS) is 10.7. The Morgan fingerprint density at radius 1 is 1.12 bits per heavy atom. The zero-order valence-corrected chi connectivity index (χ0v) is 20.7. The standard InChI is InChI=1S/C22H20Cl3N5O2S/c1-3-8-30-19(11-26-21(32)16-7-6-14(23)9-17(16)25)28-29-22(30)33-12-20(31)27-18-10-15(24)5-4-13(18)2/h3-7,9-10H,1,8,11-12H2,2H3,(H,26,32)(H,27,31). The van der Waals surface area contributed by atoms with Crippen LogP contribution >= 0.6 is 46.6 Å². The monoisotopic (exact) mass is 523 g/mol. The van der Waals surface area contributed by atoms with E-state index in [9.17, 15) is 9.59 Å². The molecule has 2 N–H and O–H groups in total. The highest BCUT2D eigenvalue weighted by Crippen LogP contribution is 2.23. The molecular weight excluding hydrogens is 505 g/mol. The molecule has 0 aliphatic rings. The first-order valence-corrected chi connectivity index (χ1v) is 11.9. The first-order chi connectivity index (χ1) is 15.8. The van der Waals surface area contributed by atoms with Gasteiger partial charge in [0.1, 0.15) is 0 Å². The van der Waals surface area contributed by atoms with Crippen LogP contribution in [-0.4, -0.2) is 32.3 Å². The number of thioether (sulfide) groups is 1. The van der Waals surface area contributed by atoms with Crippen molar-refractivity contribution in [2.24, 2.45) is 0 Å². The third-order valence-electron chi connectivity index (χ3n) is 4.49. The number of anilines is 1. The van der Waals surface area contributed by atoms with Crippen LogP contribution in [0.15, 0.2) is 54.2 Å². The first kappa shape index (κ1) is 25.1. The van der Waals surface area contributed by atoms with E-state index in [0.717, 1.165) is 5.56 Å². The highest BCUT2D eigenvalue weighted by Gasteiger charge is 2.16. The molecule has 0 bridgehead atoms. The van der Waals surface area contributed by atoms with Crippen LogP contribution in [0.4, 0.5) is 5.69 Å². The van der Waals surface area contributed by atoms with Crippen molar-refractivity contribution < 1.29 is 9.59 Å². The molecule has 1 heterocycles. The smallest absolute Gasteiger partial charge is 0.253 e. The van der Waals surface area contributed by atoms with Crippen molar-refractivity contribution in [1.82, 2.24) is 20.1 Å². The number of aromatic nitrogens is 3. The van der Waals surface area contributed by atoms with E-state index < -0.39 is 0 Å². The van der Waals surface area contributed by atoms with Crippen LogP contribution in [0.3, 0.4) is 0 Å². The van der Waals surface area contributed by atoms with Crippen LogP contribution in [-0.2, 0) is 17.9 Å². The van der Waals surface area contributed by atoms with E-state index in [1.165, 1.54) is 17.8 Å². The molecule has 1 aromatic heterocycles. The fourth-order valence-corrected chi connectivity index (χ4v) is 4.28. The topological polar surface area (TPSA) is 88.9 Å². The second-order valence-electron chi connectivity index (χ2n) is 6.90. The number of amides is 2. The molecule has 0 aliphatic heterocycles. The summed E-state index contributed by atoms with van der Waals surface area (Å²) in [4.78, 5) is 24.9. The van der Waals surface area contributed by atoms with Crippen molar-refractivity contribution in [3.05, 3.63) is 81.1 Å². The van der Waals surface area contributed by atoms with Gasteiger partial charge in [-0.3, -0.25) is 9.59 Å². The SMILES string of the molecule is C=CCn1c(CNC(=O)c2ccc(Cl)cc2Cl)nnc1SCC(=O)Nc1cc(Cl)ccc1C. The van der Waals surface area contributed by atoms with Crippen LogP contribution in [0.2, 0.25) is 15.1 Å². The summed E-state index contributed by atoms with van der Waals surface area (Å²) in [5.74, 6) is 0.0662. The molecule has 0 aliphatic carbocycles. The quantitative estimate of drug-likeness (QED) is 0.289. The van der Waals surface area contributed by atoms with Crippen molar-refractivity contribution in [2.45, 2.75) is 25.2 Å². The number of nitrogens with one attached hydrogen (secondary N) is 2. The van der Waals surface area contributed by atoms with Crippen molar-refractivity contribution in [3.63, 3.8) is 0 Å². The lowest BCUT2D eigenvalue weighted by Gasteiger charge is -2.10. The molecule has 2 aromatic carbocycles. The Balaban J connectivity index is 1.63. The molecule has 0 unspecified atom stereocenters. The molecule has 7 nitrogen and oxygen atoms in total. The molecule has 0 spiro atoms. The largest absolute Gasteiger partial charge is 0.345 e. The Morgan fingerprint density at radius 3 is 2.58 bits per heavy atom. The Hall–Kier alpha value is -2.52. The molecule has 0 saturated heterocycles. The zero-order valence-electron chi connectivity index (χ0n) is 17.6. The van der Waals surface area contributed by atoms with Gasteiger partial charge in [-0.25, -0.2) is 0 Å². The summed E-state index contributed by atoms with van der Waals surface area (Å²) in [6.07, 6.45) is 1.68. The number of allylic oxidation sites excluding steroid dienone is 1. The lowest BCUT2D eigenvalue weighted by molar-refractivity contribution is -0.113. The summed E-state index contributed by atoms with van der Waals surface area (Å²) >= 11 is 19.2. The van der Waals surface area contributed by atoms with Gasteiger partial charge in [0.25, 0.3) is 5.91 Å². The molecule has 0 radical (unpaired) electrons. The highest BCUT2D eigenvalue weighted by atomic mass is 35.5. The molecule has 33 heavy (non-hydrogen) atoms. The molecule has 0 saturated carbocycles. The summed E-state index contributed by atoms with van der Waals surface area (Å²) < 4.78 is 1.78. The minimum atomic E-state index is -0.365. The van der Waals surface area contributed by atoms with Gasteiger partial charge >= 0.3 is 0 Å². The predicted octanol–water partition coefficient (Wildman–Crippen LogP) is 5.39. The molecule has 172 valence electrons. The molecule has 0 atom stereocenters. The van der Waals surface area contributed by atoms with E-state index in [1.54, 1.807) is 34.9 Å². The maximum Gasteiger partial charge on any atom is 0.253 e. The minimum absolute atomic E-state index is 0.118. The molecule has 2 amide bonds. The van der Waals surface area contributed by atoms with E-state index in [1.807, 2.05) is 13.0 Å². The fourth-order valence-electron chi connectivity index (χ4n) is 2.84. The summed E-state index contributed by atoms with van der Waals surface area (Å²) in [5.41, 5.74) is 1.87. The van der Waals surface area contributed by atoms with E-state index >= 15 is 0 Å². The minimum Gasteiger partial charge on any atom is -0.345 e. The lowest BCUT2D eigenvalue weighted by Crippen LogP contribution is -2.25. The molecule has 0 fully saturated rings. The Kier molecular flexibility index (Phi) is 8.80. The van der Waals surface area contributed by atoms with Crippen molar-refractivity contribution in [3.8, 4) is 0 Å². The van der Waals surface area contributed by atoms with Gasteiger partial charge in [0, 0.05) is 22.3 Å². The third kappa shape index (κ3) is 6.74. The van der Waals surface area contributed by atoms with Crippen molar-refractivity contribution >= 4 is 64.1 Å². The van der Waals surface area contributed by atoms with E-state index in [-0.39, 0.29) is 29.1 Å². The van der Waals surface area contributed by atoms with Crippen LogP contribution in [0, 0.1) is 6.92 Å². The number of carbonyl (C=O) groups excluding carboxylic acids is 2. The van der Waals surface area contributed by atoms with E-state index in [2.05, 4.69) is 27.4 Å². The van der Waals surface area contributed by atoms with E-state index in [4.69, 9.17) is 34.8 Å². The van der Waals surface area contributed by atoms with Crippen LogP contribution in [0.1, 0.15) is 21.7 Å². The molecule has 3 aromatic rings. The van der Waals surface area contributed by atoms with Gasteiger partial charge in [-0.1, -0.05) is 58.7 Å². The average Bonchev–Trinajstić information content (AvgIpc) is 3.15. The number of rotatable bonds is 9. The second-order valence-corrected chi connectivity index (χ2v) is 9.12. The van der Waals surface area contributed by atoms with Gasteiger partial charge in [0.2, 0.25) is 5.91 Å². The first-order valence-electron chi connectivity index (χ1n) is 9.73. The van der Waals surface area contributed by atoms with Gasteiger partial charge in [-0.15, -0.1) is 16.8 Å². The van der Waals surface area contributed by atoms with Crippen molar-refractivity contribution in [2.75, 3.05) is 11.1 Å². The number of benzene rings is 2. The van der Waals surface area contributed by atoms with Gasteiger partial charge < -0.3 is 15.2 Å². The Bertz CT molecular complexity index is 1200. The van der Waals surface area contributed by atoms with E-state index in [0.29, 0.717) is 38.8 Å². The number of aryl methyl sites for hydroxylation is 1. The van der Waals surface area contributed by atoms with Gasteiger partial charge in [0.15, 0.2) is 11.0 Å².